The Kier molecular flexibility index (Phi) is 4.26. The fourth-order valence-electron chi connectivity index (χ4n) is 2.02. The first kappa shape index (κ1) is 14.1. The van der Waals surface area contributed by atoms with Crippen LogP contribution < -0.4 is 10.2 Å². The van der Waals surface area contributed by atoms with E-state index in [2.05, 4.69) is 36.4 Å². The number of nitrogens with zero attached hydrogens (tertiary/aromatic N) is 3. The second-order valence-corrected chi connectivity index (χ2v) is 5.97. The summed E-state index contributed by atoms with van der Waals surface area (Å²) in [6, 6.07) is 0.208. The van der Waals surface area contributed by atoms with Crippen molar-refractivity contribution in [2.75, 3.05) is 38.3 Å². The molecular formula is C12H23N5O2. The zero-order chi connectivity index (χ0) is 13.9. The molecular weight excluding hydrogens is 246 g/mol. The van der Waals surface area contributed by atoms with Crippen LogP contribution in [0.25, 0.3) is 5.73 Å². The lowest BCUT2D eigenvalue weighted by atomic mass is 9.87. The van der Waals surface area contributed by atoms with Crippen LogP contribution in [0.1, 0.15) is 20.8 Å². The minimum Gasteiger partial charge on any atom is -0.660 e. The highest BCUT2D eigenvalue weighted by Gasteiger charge is 2.31. The van der Waals surface area contributed by atoms with Gasteiger partial charge in [-0.2, -0.15) is 5.43 Å². The van der Waals surface area contributed by atoms with Crippen molar-refractivity contribution in [1.29, 1.82) is 0 Å². The predicted molar refractivity (Wildman–Crippen MR) is 70.5 cm³/mol. The summed E-state index contributed by atoms with van der Waals surface area (Å²) in [7, 11) is 0. The molecule has 1 aromatic heterocycles. The fourth-order valence-corrected chi connectivity index (χ4v) is 2.02. The maximum absolute atomic E-state index is 7.35. The van der Waals surface area contributed by atoms with Crippen molar-refractivity contribution in [3.05, 3.63) is 11.9 Å². The van der Waals surface area contributed by atoms with E-state index in [9.17, 15) is 0 Å². The van der Waals surface area contributed by atoms with Gasteiger partial charge in [0.25, 0.3) is 6.20 Å². The molecule has 2 rings (SSSR count). The van der Waals surface area contributed by atoms with Crippen molar-refractivity contribution >= 4 is 5.88 Å². The SMILES string of the molecule is CC(C)(C)C(CN1CCOCC1)N[n+]1cc([NH-])on1. The third kappa shape index (κ3) is 4.07. The zero-order valence-electron chi connectivity index (χ0n) is 11.8. The molecule has 1 aliphatic rings. The van der Waals surface area contributed by atoms with Gasteiger partial charge in [-0.1, -0.05) is 20.8 Å². The smallest absolute Gasteiger partial charge is 0.256 e. The predicted octanol–water partition coefficient (Wildman–Crippen LogP) is 0.936. The first-order valence-corrected chi connectivity index (χ1v) is 6.62. The molecule has 0 radical (unpaired) electrons. The number of nitrogens with one attached hydrogen (secondary N) is 2. The molecule has 2 N–H and O–H groups in total. The normalized spacial score (nSPS) is 19.3. The van der Waals surface area contributed by atoms with Gasteiger partial charge in [0.05, 0.1) is 18.0 Å². The largest absolute Gasteiger partial charge is 0.660 e. The van der Waals surface area contributed by atoms with Gasteiger partial charge in [0.2, 0.25) is 5.27 Å². The van der Waals surface area contributed by atoms with Gasteiger partial charge >= 0.3 is 0 Å². The second-order valence-electron chi connectivity index (χ2n) is 5.97. The maximum atomic E-state index is 7.35. The molecule has 7 nitrogen and oxygen atoms in total. The van der Waals surface area contributed by atoms with E-state index in [0.29, 0.717) is 0 Å². The molecule has 0 amide bonds. The Morgan fingerprint density at radius 2 is 2.16 bits per heavy atom. The van der Waals surface area contributed by atoms with E-state index >= 15 is 0 Å². The van der Waals surface area contributed by atoms with E-state index in [4.69, 9.17) is 15.0 Å². The van der Waals surface area contributed by atoms with Crippen LogP contribution in [0.5, 0.6) is 0 Å². The minimum atomic E-state index is 0.0477. The summed E-state index contributed by atoms with van der Waals surface area (Å²) in [6.45, 7) is 11.0. The molecule has 19 heavy (non-hydrogen) atoms. The van der Waals surface area contributed by atoms with E-state index in [-0.39, 0.29) is 17.3 Å². The lowest BCUT2D eigenvalue weighted by Gasteiger charge is -2.34. The summed E-state index contributed by atoms with van der Waals surface area (Å²) in [5, 5.41) is 3.76. The number of ether oxygens (including phenoxy) is 1. The topological polar surface area (TPSA) is 78.2 Å². The summed E-state index contributed by atoms with van der Waals surface area (Å²) in [4.78, 5) is 3.87. The van der Waals surface area contributed by atoms with E-state index < -0.39 is 0 Å². The van der Waals surface area contributed by atoms with Gasteiger partial charge in [-0.3, -0.25) is 4.90 Å². The first-order chi connectivity index (χ1) is 8.95. The Hall–Kier alpha value is -1.34. The van der Waals surface area contributed by atoms with Crippen LogP contribution in [-0.2, 0) is 4.74 Å². The van der Waals surface area contributed by atoms with Gasteiger partial charge in [0, 0.05) is 19.6 Å². The molecule has 0 bridgehead atoms. The number of hydrogen-bond acceptors (Lipinski definition) is 5. The summed E-state index contributed by atoms with van der Waals surface area (Å²) in [6.07, 6.45) is 1.53. The quantitative estimate of drug-likeness (QED) is 0.823. The molecule has 0 aromatic carbocycles. The molecule has 0 aliphatic carbocycles. The van der Waals surface area contributed by atoms with Gasteiger partial charge in [-0.25, -0.2) is 0 Å². The van der Waals surface area contributed by atoms with Crippen molar-refractivity contribution in [3.8, 4) is 0 Å². The Balaban J connectivity index is 1.99. The van der Waals surface area contributed by atoms with Gasteiger partial charge in [0.1, 0.15) is 11.9 Å². The highest BCUT2D eigenvalue weighted by Crippen LogP contribution is 2.20. The highest BCUT2D eigenvalue weighted by molar-refractivity contribution is 5.19. The van der Waals surface area contributed by atoms with Crippen molar-refractivity contribution < 1.29 is 14.1 Å². The van der Waals surface area contributed by atoms with Crippen LogP contribution in [0.3, 0.4) is 0 Å². The highest BCUT2D eigenvalue weighted by atomic mass is 16.5. The number of morpholine rings is 1. The van der Waals surface area contributed by atoms with E-state index in [1.165, 1.54) is 11.0 Å². The van der Waals surface area contributed by atoms with Crippen LogP contribution in [0.4, 0.5) is 5.88 Å². The van der Waals surface area contributed by atoms with Gasteiger partial charge in [-0.05, 0) is 5.41 Å². The van der Waals surface area contributed by atoms with Crippen molar-refractivity contribution in [3.63, 3.8) is 0 Å². The molecule has 7 heteroatoms. The molecule has 1 fully saturated rings. The standard InChI is InChI=1S/C12H23N5O2/c1-12(2,3)10(8-16-4-6-18-7-5-16)14-17-9-11(13)19-15-17/h9-10,13H,4-8H2,1-3H3,(H,14,15). The van der Waals surface area contributed by atoms with Crippen LogP contribution in [0.2, 0.25) is 0 Å². The van der Waals surface area contributed by atoms with E-state index in [1.807, 2.05) is 0 Å². The van der Waals surface area contributed by atoms with Crippen LogP contribution >= 0.6 is 0 Å². The number of rotatable bonds is 4. The van der Waals surface area contributed by atoms with Gasteiger partial charge < -0.3 is 15.0 Å². The molecule has 1 aliphatic heterocycles. The molecule has 1 saturated heterocycles. The molecule has 108 valence electrons. The average Bonchev–Trinajstić information content (AvgIpc) is 2.74. The van der Waals surface area contributed by atoms with Crippen molar-refractivity contribution in [2.45, 2.75) is 26.8 Å². The molecule has 0 spiro atoms. The zero-order valence-corrected chi connectivity index (χ0v) is 11.8. The van der Waals surface area contributed by atoms with Crippen molar-refractivity contribution in [2.24, 2.45) is 5.41 Å². The van der Waals surface area contributed by atoms with Gasteiger partial charge in [-0.15, -0.1) is 0 Å². The Bertz CT molecular complexity index is 395. The van der Waals surface area contributed by atoms with Crippen LogP contribution in [0, 0.1) is 5.41 Å². The monoisotopic (exact) mass is 269 g/mol. The summed E-state index contributed by atoms with van der Waals surface area (Å²) >= 11 is 0. The maximum Gasteiger partial charge on any atom is 0.256 e. The molecule has 1 atom stereocenters. The second kappa shape index (κ2) is 5.75. The fraction of sp³-hybridized carbons (Fsp3) is 0.833. The van der Waals surface area contributed by atoms with Crippen molar-refractivity contribution in [1.82, 2.24) is 10.2 Å². The lowest BCUT2D eigenvalue weighted by Crippen LogP contribution is -2.59. The van der Waals surface area contributed by atoms with Crippen LogP contribution in [0.15, 0.2) is 10.7 Å². The Labute approximate surface area is 113 Å². The van der Waals surface area contributed by atoms with E-state index in [0.717, 1.165) is 32.8 Å². The Morgan fingerprint density at radius 3 is 2.68 bits per heavy atom. The average molecular weight is 269 g/mol. The first-order valence-electron chi connectivity index (χ1n) is 6.62. The van der Waals surface area contributed by atoms with Gasteiger partial charge in [0.15, 0.2) is 0 Å². The molecule has 0 saturated carbocycles. The summed E-state index contributed by atoms with van der Waals surface area (Å²) < 4.78 is 10.1. The Morgan fingerprint density at radius 1 is 1.47 bits per heavy atom. The summed E-state index contributed by atoms with van der Waals surface area (Å²) in [5.41, 5.74) is 10.7. The lowest BCUT2D eigenvalue weighted by molar-refractivity contribution is -0.723. The van der Waals surface area contributed by atoms with E-state index in [1.54, 1.807) is 0 Å². The summed E-state index contributed by atoms with van der Waals surface area (Å²) in [5.74, 6) is 0.0477. The molecule has 1 aromatic rings. The molecule has 1 unspecified atom stereocenters. The number of hydrogen-bond donors (Lipinski definition) is 1. The van der Waals surface area contributed by atoms with Crippen LogP contribution in [-0.4, -0.2) is 49.1 Å². The molecule has 2 heterocycles. The number of aromatic nitrogens is 2. The third-order valence-electron chi connectivity index (χ3n) is 3.34. The minimum absolute atomic E-state index is 0.0477. The third-order valence-corrected chi connectivity index (χ3v) is 3.34.